The van der Waals surface area contributed by atoms with Gasteiger partial charge in [-0.3, -0.25) is 0 Å². The molecule has 0 rings (SSSR count). The summed E-state index contributed by atoms with van der Waals surface area (Å²) in [5.74, 6) is 0. The van der Waals surface area contributed by atoms with E-state index in [-0.39, 0.29) is 0 Å². The SMILES string of the molecule is [N-]=[N+]=NC(F)(F)C(F)F. The van der Waals surface area contributed by atoms with Gasteiger partial charge in [-0.15, -0.1) is 0 Å². The quantitative estimate of drug-likeness (QED) is 0.187. The van der Waals surface area contributed by atoms with Crippen molar-refractivity contribution < 1.29 is 17.6 Å². The molecule has 0 saturated heterocycles. The monoisotopic (exact) mass is 143 g/mol. The molecule has 52 valence electrons. The van der Waals surface area contributed by atoms with Crippen LogP contribution in [0.4, 0.5) is 17.6 Å². The van der Waals surface area contributed by atoms with Crippen LogP contribution in [0, 0.1) is 0 Å². The molecule has 0 aromatic heterocycles. The molecular formula is C2HF4N3. The minimum atomic E-state index is -4.57. The van der Waals surface area contributed by atoms with Crippen molar-refractivity contribution in [2.75, 3.05) is 0 Å². The van der Waals surface area contributed by atoms with Crippen molar-refractivity contribution in [2.45, 2.75) is 12.5 Å². The minimum Gasteiger partial charge on any atom is -0.203 e. The summed E-state index contributed by atoms with van der Waals surface area (Å²) in [6, 6.07) is -4.57. The summed E-state index contributed by atoms with van der Waals surface area (Å²) in [6.07, 6.45) is -3.94. The molecule has 0 radical (unpaired) electrons. The summed E-state index contributed by atoms with van der Waals surface area (Å²) in [7, 11) is 0. The van der Waals surface area contributed by atoms with Gasteiger partial charge in [0.05, 0.1) is 0 Å². The first-order valence-electron chi connectivity index (χ1n) is 1.73. The third-order valence-electron chi connectivity index (χ3n) is 0.441. The van der Waals surface area contributed by atoms with Gasteiger partial charge in [-0.05, 0) is 10.6 Å². The van der Waals surface area contributed by atoms with Crippen LogP contribution in [0.3, 0.4) is 0 Å². The first kappa shape index (κ1) is 8.03. The Morgan fingerprint density at radius 3 is 2.00 bits per heavy atom. The van der Waals surface area contributed by atoms with Crippen LogP contribution in [0.25, 0.3) is 10.4 Å². The lowest BCUT2D eigenvalue weighted by Crippen LogP contribution is -2.22. The molecule has 0 aromatic carbocycles. The van der Waals surface area contributed by atoms with Gasteiger partial charge in [-0.1, -0.05) is 0 Å². The first-order valence-corrected chi connectivity index (χ1v) is 1.73. The second kappa shape index (κ2) is 2.54. The first-order chi connectivity index (χ1) is 4.00. The molecular weight excluding hydrogens is 142 g/mol. The van der Waals surface area contributed by atoms with Gasteiger partial charge in [0.2, 0.25) is 0 Å². The highest BCUT2D eigenvalue weighted by Gasteiger charge is 2.39. The lowest BCUT2D eigenvalue weighted by Gasteiger charge is -2.05. The summed E-state index contributed by atoms with van der Waals surface area (Å²) in [5.41, 5.74) is 7.30. The fraction of sp³-hybridized carbons (Fsp3) is 1.00. The van der Waals surface area contributed by atoms with Gasteiger partial charge in [-0.2, -0.15) is 8.78 Å². The fourth-order valence-corrected chi connectivity index (χ4v) is 0.103. The topological polar surface area (TPSA) is 48.8 Å². The van der Waals surface area contributed by atoms with Gasteiger partial charge in [0, 0.05) is 4.91 Å². The van der Waals surface area contributed by atoms with E-state index in [9.17, 15) is 17.6 Å². The lowest BCUT2D eigenvalue weighted by molar-refractivity contribution is -0.122. The second-order valence-corrected chi connectivity index (χ2v) is 1.08. The highest BCUT2D eigenvalue weighted by Crippen LogP contribution is 2.23. The molecule has 0 heterocycles. The van der Waals surface area contributed by atoms with Gasteiger partial charge >= 0.3 is 12.5 Å². The minimum absolute atomic E-state index is 1.52. The maximum atomic E-state index is 11.4. The Morgan fingerprint density at radius 2 is 1.89 bits per heavy atom. The van der Waals surface area contributed by atoms with E-state index in [1.807, 2.05) is 0 Å². The summed E-state index contributed by atoms with van der Waals surface area (Å²) >= 11 is 0. The smallest absolute Gasteiger partial charge is 0.203 e. The van der Waals surface area contributed by atoms with Crippen LogP contribution >= 0.6 is 0 Å². The maximum absolute atomic E-state index is 11.4. The normalized spacial score (nSPS) is 11.2. The van der Waals surface area contributed by atoms with E-state index in [2.05, 4.69) is 0 Å². The average Bonchev–Trinajstić information content (AvgIpc) is 1.65. The van der Waals surface area contributed by atoms with Crippen molar-refractivity contribution in [2.24, 2.45) is 5.11 Å². The number of halogens is 4. The second-order valence-electron chi connectivity index (χ2n) is 1.08. The molecule has 0 aliphatic heterocycles. The van der Waals surface area contributed by atoms with E-state index in [0.29, 0.717) is 0 Å². The van der Waals surface area contributed by atoms with Crippen molar-refractivity contribution in [3.05, 3.63) is 10.4 Å². The van der Waals surface area contributed by atoms with Crippen LogP contribution < -0.4 is 0 Å². The molecule has 9 heavy (non-hydrogen) atoms. The van der Waals surface area contributed by atoms with E-state index >= 15 is 0 Å². The Labute approximate surface area is 46.9 Å². The molecule has 0 saturated carbocycles. The number of nitrogens with zero attached hydrogens (tertiary/aromatic N) is 3. The predicted molar refractivity (Wildman–Crippen MR) is 20.1 cm³/mol. The van der Waals surface area contributed by atoms with E-state index in [1.165, 1.54) is 4.91 Å². The average molecular weight is 143 g/mol. The van der Waals surface area contributed by atoms with Gasteiger partial charge in [-0.25, -0.2) is 8.78 Å². The Balaban J connectivity index is 4.18. The van der Waals surface area contributed by atoms with E-state index < -0.39 is 12.5 Å². The highest BCUT2D eigenvalue weighted by molar-refractivity contribution is 4.65. The summed E-state index contributed by atoms with van der Waals surface area (Å²) < 4.78 is 44.7. The van der Waals surface area contributed by atoms with Crippen molar-refractivity contribution in [1.82, 2.24) is 0 Å². The summed E-state index contributed by atoms with van der Waals surface area (Å²) in [5, 5.41) is 1.55. The molecule has 0 amide bonds. The molecule has 0 bridgehead atoms. The number of hydrogen-bond donors (Lipinski definition) is 0. The summed E-state index contributed by atoms with van der Waals surface area (Å²) in [4.78, 5) is 1.52. The fourth-order valence-electron chi connectivity index (χ4n) is 0.103. The zero-order valence-electron chi connectivity index (χ0n) is 3.93. The zero-order chi connectivity index (χ0) is 7.49. The Bertz CT molecular complexity index is 137. The predicted octanol–water partition coefficient (Wildman–Crippen LogP) is 2.15. The number of hydrogen-bond acceptors (Lipinski definition) is 1. The Hall–Kier alpha value is -0.970. The molecule has 0 fully saturated rings. The third kappa shape index (κ3) is 2.18. The van der Waals surface area contributed by atoms with Crippen molar-refractivity contribution in [3.63, 3.8) is 0 Å². The third-order valence-corrected chi connectivity index (χ3v) is 0.441. The van der Waals surface area contributed by atoms with Crippen LogP contribution in [-0.2, 0) is 0 Å². The van der Waals surface area contributed by atoms with Crippen LogP contribution in [0.1, 0.15) is 0 Å². The molecule has 0 aliphatic rings. The highest BCUT2D eigenvalue weighted by atomic mass is 19.3. The van der Waals surface area contributed by atoms with E-state index in [0.717, 1.165) is 0 Å². The number of azide groups is 1. The van der Waals surface area contributed by atoms with Gasteiger partial charge in [0.1, 0.15) is 0 Å². The van der Waals surface area contributed by atoms with Crippen LogP contribution in [0.5, 0.6) is 0 Å². The zero-order valence-corrected chi connectivity index (χ0v) is 3.93. The number of alkyl halides is 4. The van der Waals surface area contributed by atoms with Crippen molar-refractivity contribution in [1.29, 1.82) is 0 Å². The molecule has 0 aromatic rings. The molecule has 0 spiro atoms. The van der Waals surface area contributed by atoms with Crippen LogP contribution in [-0.4, -0.2) is 12.5 Å². The molecule has 7 heteroatoms. The van der Waals surface area contributed by atoms with E-state index in [4.69, 9.17) is 5.53 Å². The van der Waals surface area contributed by atoms with E-state index in [1.54, 1.807) is 5.11 Å². The molecule has 0 N–H and O–H groups in total. The van der Waals surface area contributed by atoms with Gasteiger partial charge in [0.25, 0.3) is 0 Å². The molecule has 0 aliphatic carbocycles. The van der Waals surface area contributed by atoms with Gasteiger partial charge in [0.15, 0.2) is 0 Å². The standard InChI is InChI=1S/C2HF4N3/c3-1(4)2(5,6)8-9-7/h1H. The van der Waals surface area contributed by atoms with Crippen LogP contribution in [0.2, 0.25) is 0 Å². The number of rotatable bonds is 2. The van der Waals surface area contributed by atoms with Crippen LogP contribution in [0.15, 0.2) is 5.11 Å². The lowest BCUT2D eigenvalue weighted by atomic mass is 10.6. The Kier molecular flexibility index (Phi) is 2.27. The van der Waals surface area contributed by atoms with Crippen molar-refractivity contribution in [3.8, 4) is 0 Å². The Morgan fingerprint density at radius 1 is 1.44 bits per heavy atom. The van der Waals surface area contributed by atoms with Gasteiger partial charge < -0.3 is 0 Å². The molecule has 3 nitrogen and oxygen atoms in total. The van der Waals surface area contributed by atoms with Crippen molar-refractivity contribution >= 4 is 0 Å². The largest absolute Gasteiger partial charge is 0.384 e. The maximum Gasteiger partial charge on any atom is 0.384 e. The molecule has 0 unspecified atom stereocenters. The summed E-state index contributed by atoms with van der Waals surface area (Å²) in [6.45, 7) is 0. The molecule has 0 atom stereocenters.